The van der Waals surface area contributed by atoms with Crippen molar-refractivity contribution in [3.05, 3.63) is 186 Å². The van der Waals surface area contributed by atoms with Crippen LogP contribution in [0.25, 0.3) is 44.5 Å². The zero-order valence-electron chi connectivity index (χ0n) is 26.7. The Balaban J connectivity index is 1.05. The van der Waals surface area contributed by atoms with Gasteiger partial charge in [0.1, 0.15) is 0 Å². The van der Waals surface area contributed by atoms with Gasteiger partial charge in [-0.3, -0.25) is 0 Å². The van der Waals surface area contributed by atoms with E-state index >= 15 is 0 Å². The maximum Gasteiger partial charge on any atom is 0.0462 e. The van der Waals surface area contributed by atoms with E-state index in [9.17, 15) is 0 Å². The maximum absolute atomic E-state index is 2.43. The van der Waals surface area contributed by atoms with Crippen LogP contribution in [0.5, 0.6) is 0 Å². The molecule has 0 N–H and O–H groups in total. The van der Waals surface area contributed by atoms with Crippen LogP contribution in [0.1, 0.15) is 36.1 Å². The summed E-state index contributed by atoms with van der Waals surface area (Å²) in [5.74, 6) is 0. The van der Waals surface area contributed by atoms with Crippen LogP contribution in [-0.4, -0.2) is 0 Å². The van der Waals surface area contributed by atoms with Gasteiger partial charge < -0.3 is 4.90 Å². The summed E-state index contributed by atoms with van der Waals surface area (Å²) in [7, 11) is 0. The maximum atomic E-state index is 2.43. The van der Waals surface area contributed by atoms with Crippen LogP contribution in [0.15, 0.2) is 164 Å². The standard InChI is InChI=1S/C46H35N/c1-46(2)44-16-10-9-15-40(44)41-26-23-34(30-45(41)46)33-18-20-36-27-35-19-17-32(28-42(35)43(36)29-33)31-21-24-39(25-22-31)47(37-11-5-3-6-12-37)38-13-7-4-8-14-38/h3-26,28-30H,27H2,1-2H3. The van der Waals surface area contributed by atoms with Gasteiger partial charge >= 0.3 is 0 Å². The summed E-state index contributed by atoms with van der Waals surface area (Å²) in [6.45, 7) is 4.71. The van der Waals surface area contributed by atoms with Gasteiger partial charge in [0.2, 0.25) is 0 Å². The Morgan fingerprint density at radius 2 is 0.851 bits per heavy atom. The van der Waals surface area contributed by atoms with Crippen molar-refractivity contribution in [3.63, 3.8) is 0 Å². The van der Waals surface area contributed by atoms with Crippen molar-refractivity contribution < 1.29 is 0 Å². The first-order chi connectivity index (χ1) is 23.0. The van der Waals surface area contributed by atoms with Gasteiger partial charge in [-0.2, -0.15) is 0 Å². The molecule has 1 nitrogen and oxygen atoms in total. The van der Waals surface area contributed by atoms with E-state index in [1.165, 1.54) is 66.8 Å². The minimum absolute atomic E-state index is 0.00502. The Kier molecular flexibility index (Phi) is 6.30. The van der Waals surface area contributed by atoms with E-state index in [1.54, 1.807) is 0 Å². The summed E-state index contributed by atoms with van der Waals surface area (Å²) >= 11 is 0. The predicted octanol–water partition coefficient (Wildman–Crippen LogP) is 12.4. The van der Waals surface area contributed by atoms with Crippen molar-refractivity contribution in [2.45, 2.75) is 25.7 Å². The van der Waals surface area contributed by atoms with Crippen molar-refractivity contribution in [2.24, 2.45) is 0 Å². The number of benzene rings is 7. The van der Waals surface area contributed by atoms with E-state index in [4.69, 9.17) is 0 Å². The predicted molar refractivity (Wildman–Crippen MR) is 198 cm³/mol. The lowest BCUT2D eigenvalue weighted by Gasteiger charge is -2.25. The lowest BCUT2D eigenvalue weighted by atomic mass is 9.81. The van der Waals surface area contributed by atoms with Gasteiger partial charge in [0.05, 0.1) is 0 Å². The summed E-state index contributed by atoms with van der Waals surface area (Å²) in [6.07, 6.45) is 0.986. The SMILES string of the molecule is CC1(C)c2ccccc2-c2ccc(-c3ccc4c(c3)-c3cc(-c5ccc(N(c6ccccc6)c6ccccc6)cc5)ccc3C4)cc21. The summed E-state index contributed by atoms with van der Waals surface area (Å²) in [5, 5.41) is 0. The Labute approximate surface area is 277 Å². The van der Waals surface area contributed by atoms with E-state index in [1.807, 2.05) is 0 Å². The van der Waals surface area contributed by atoms with Crippen LogP contribution in [-0.2, 0) is 11.8 Å². The number of fused-ring (bicyclic) bond motifs is 6. The molecule has 7 aromatic rings. The third kappa shape index (κ3) is 4.54. The first-order valence-electron chi connectivity index (χ1n) is 16.6. The highest BCUT2D eigenvalue weighted by Gasteiger charge is 2.35. The highest BCUT2D eigenvalue weighted by molar-refractivity contribution is 5.87. The number of nitrogens with zero attached hydrogens (tertiary/aromatic N) is 1. The minimum atomic E-state index is -0.00502. The van der Waals surface area contributed by atoms with Gasteiger partial charge in [-0.15, -0.1) is 0 Å². The number of rotatable bonds is 5. The van der Waals surface area contributed by atoms with Gasteiger partial charge in [0.25, 0.3) is 0 Å². The molecule has 224 valence electrons. The molecule has 0 aromatic heterocycles. The van der Waals surface area contributed by atoms with Gasteiger partial charge in [0.15, 0.2) is 0 Å². The molecule has 7 aromatic carbocycles. The van der Waals surface area contributed by atoms with E-state index < -0.39 is 0 Å². The largest absolute Gasteiger partial charge is 0.311 e. The molecule has 0 atom stereocenters. The third-order valence-corrected chi connectivity index (χ3v) is 10.3. The van der Waals surface area contributed by atoms with Crippen molar-refractivity contribution in [3.8, 4) is 44.5 Å². The molecule has 0 fully saturated rings. The van der Waals surface area contributed by atoms with Crippen molar-refractivity contribution in [1.82, 2.24) is 0 Å². The van der Waals surface area contributed by atoms with Crippen LogP contribution in [0.2, 0.25) is 0 Å². The molecule has 2 aliphatic rings. The molecule has 0 saturated heterocycles. The molecule has 0 spiro atoms. The second-order valence-corrected chi connectivity index (χ2v) is 13.4. The van der Waals surface area contributed by atoms with E-state index in [0.717, 1.165) is 23.5 Å². The molecule has 2 aliphatic carbocycles. The fraction of sp³-hybridized carbons (Fsp3) is 0.0870. The second-order valence-electron chi connectivity index (χ2n) is 13.4. The number of anilines is 3. The molecule has 0 saturated carbocycles. The smallest absolute Gasteiger partial charge is 0.0462 e. The fourth-order valence-corrected chi connectivity index (χ4v) is 7.82. The highest BCUT2D eigenvalue weighted by Crippen LogP contribution is 2.50. The molecule has 0 radical (unpaired) electrons. The molecule has 47 heavy (non-hydrogen) atoms. The molecular formula is C46H35N. The summed E-state index contributed by atoms with van der Waals surface area (Å²) < 4.78 is 0. The Hall–Kier alpha value is -5.66. The van der Waals surface area contributed by atoms with Crippen LogP contribution in [0.3, 0.4) is 0 Å². The normalized spacial score (nSPS) is 13.4. The summed E-state index contributed by atoms with van der Waals surface area (Å²) in [6, 6.07) is 60.2. The highest BCUT2D eigenvalue weighted by atomic mass is 15.1. The zero-order valence-corrected chi connectivity index (χ0v) is 26.7. The molecule has 0 heterocycles. The van der Waals surface area contributed by atoms with Crippen molar-refractivity contribution in [1.29, 1.82) is 0 Å². The van der Waals surface area contributed by atoms with Gasteiger partial charge in [0, 0.05) is 22.5 Å². The Morgan fingerprint density at radius 3 is 1.49 bits per heavy atom. The van der Waals surface area contributed by atoms with E-state index in [2.05, 4.69) is 183 Å². The molecule has 0 aliphatic heterocycles. The average Bonchev–Trinajstić information content (AvgIpc) is 3.60. The average molecular weight is 602 g/mol. The first kappa shape index (κ1) is 27.6. The quantitative estimate of drug-likeness (QED) is 0.190. The number of para-hydroxylation sites is 2. The molecule has 0 bridgehead atoms. The summed E-state index contributed by atoms with van der Waals surface area (Å²) in [5.41, 5.74) is 19.6. The fourth-order valence-electron chi connectivity index (χ4n) is 7.82. The first-order valence-corrected chi connectivity index (χ1v) is 16.6. The van der Waals surface area contributed by atoms with Crippen LogP contribution >= 0.6 is 0 Å². The molecular weight excluding hydrogens is 567 g/mol. The van der Waals surface area contributed by atoms with Gasteiger partial charge in [-0.1, -0.05) is 123 Å². The van der Waals surface area contributed by atoms with Crippen LogP contribution in [0.4, 0.5) is 17.1 Å². The zero-order chi connectivity index (χ0) is 31.5. The molecule has 1 heteroatoms. The van der Waals surface area contributed by atoms with Crippen LogP contribution < -0.4 is 4.90 Å². The monoisotopic (exact) mass is 601 g/mol. The topological polar surface area (TPSA) is 3.24 Å². The molecule has 9 rings (SSSR count). The minimum Gasteiger partial charge on any atom is -0.311 e. The molecule has 0 amide bonds. The van der Waals surface area contributed by atoms with E-state index in [-0.39, 0.29) is 5.41 Å². The number of hydrogen-bond acceptors (Lipinski definition) is 1. The van der Waals surface area contributed by atoms with Gasteiger partial charge in [-0.05, 0) is 128 Å². The second kappa shape index (κ2) is 10.7. The van der Waals surface area contributed by atoms with Crippen molar-refractivity contribution in [2.75, 3.05) is 4.90 Å². The Bertz CT molecular complexity index is 2240. The Morgan fingerprint density at radius 1 is 0.383 bits per heavy atom. The lowest BCUT2D eigenvalue weighted by molar-refractivity contribution is 0.660. The van der Waals surface area contributed by atoms with Crippen molar-refractivity contribution >= 4 is 17.1 Å². The molecule has 0 unspecified atom stereocenters. The van der Waals surface area contributed by atoms with Crippen LogP contribution in [0, 0.1) is 0 Å². The van der Waals surface area contributed by atoms with Gasteiger partial charge in [-0.25, -0.2) is 0 Å². The lowest BCUT2D eigenvalue weighted by Crippen LogP contribution is -2.14. The van der Waals surface area contributed by atoms with E-state index in [0.29, 0.717) is 0 Å². The third-order valence-electron chi connectivity index (χ3n) is 10.3. The number of hydrogen-bond donors (Lipinski definition) is 0. The summed E-state index contributed by atoms with van der Waals surface area (Å²) in [4.78, 5) is 2.31.